The number of carbonyl (C=O) groups excluding carboxylic acids is 1. The number of aliphatic hydroxyl groups is 1. The van der Waals surface area contributed by atoms with Gasteiger partial charge >= 0.3 is 0 Å². The van der Waals surface area contributed by atoms with Crippen LogP contribution in [-0.2, 0) is 16.4 Å². The summed E-state index contributed by atoms with van der Waals surface area (Å²) in [6.07, 6.45) is -0.131. The van der Waals surface area contributed by atoms with E-state index in [0.717, 1.165) is 6.20 Å². The second-order valence-electron chi connectivity index (χ2n) is 5.53. The molecule has 134 valence electrons. The molecule has 7 nitrogen and oxygen atoms in total. The van der Waals surface area contributed by atoms with Crippen molar-refractivity contribution in [2.75, 3.05) is 6.54 Å². The second kappa shape index (κ2) is 7.68. The van der Waals surface area contributed by atoms with E-state index < -0.39 is 38.4 Å². The predicted octanol–water partition coefficient (Wildman–Crippen LogP) is 0.570. The van der Waals surface area contributed by atoms with Crippen molar-refractivity contribution in [1.82, 2.24) is 10.3 Å². The normalized spacial score (nSPS) is 12.6. The summed E-state index contributed by atoms with van der Waals surface area (Å²) in [6.45, 7) is 1.33. The van der Waals surface area contributed by atoms with Gasteiger partial charge in [0.05, 0.1) is 12.3 Å². The Balaban J connectivity index is 2.55. The van der Waals surface area contributed by atoms with Crippen LogP contribution in [0.25, 0.3) is 0 Å². The predicted molar refractivity (Wildman–Crippen MR) is 88.8 cm³/mol. The minimum atomic E-state index is -4.42. The molecule has 1 amide bonds. The van der Waals surface area contributed by atoms with Crippen LogP contribution < -0.4 is 10.5 Å². The number of hydrogen-bond acceptors (Lipinski definition) is 5. The van der Waals surface area contributed by atoms with E-state index in [1.165, 1.54) is 6.92 Å². The highest BCUT2D eigenvalue weighted by atomic mass is 32.2. The van der Waals surface area contributed by atoms with E-state index in [9.17, 15) is 22.7 Å². The number of rotatable bonds is 6. The van der Waals surface area contributed by atoms with Crippen LogP contribution in [0.15, 0.2) is 41.4 Å². The van der Waals surface area contributed by atoms with Crippen LogP contribution in [0, 0.1) is 5.82 Å². The first kappa shape index (κ1) is 19.0. The Bertz CT molecular complexity index is 870. The fourth-order valence-electron chi connectivity index (χ4n) is 2.27. The molecule has 0 aliphatic rings. The molecule has 0 unspecified atom stereocenters. The lowest BCUT2D eigenvalue weighted by Crippen LogP contribution is -2.33. The third kappa shape index (κ3) is 4.81. The lowest BCUT2D eigenvalue weighted by molar-refractivity contribution is 0.0915. The first-order valence-electron chi connectivity index (χ1n) is 7.40. The fourth-order valence-corrected chi connectivity index (χ4v) is 3.19. The number of nitrogens with one attached hydrogen (secondary N) is 1. The third-order valence-electron chi connectivity index (χ3n) is 3.37. The molecular formula is C16H18FN3O4S. The number of carbonyl (C=O) groups is 1. The van der Waals surface area contributed by atoms with Crippen molar-refractivity contribution in [2.24, 2.45) is 5.14 Å². The largest absolute Gasteiger partial charge is 0.392 e. The summed E-state index contributed by atoms with van der Waals surface area (Å²) in [5.41, 5.74) is -0.0887. The molecule has 0 fully saturated rings. The van der Waals surface area contributed by atoms with Crippen LogP contribution in [0.5, 0.6) is 0 Å². The SMILES string of the molecule is C[C@H](O)CNC(=O)c1ncc(F)c(Cc2ccccc2)c1S(N)(=O)=O. The molecule has 1 heterocycles. The summed E-state index contributed by atoms with van der Waals surface area (Å²) >= 11 is 0. The zero-order valence-electron chi connectivity index (χ0n) is 13.4. The van der Waals surface area contributed by atoms with E-state index >= 15 is 0 Å². The number of benzene rings is 1. The van der Waals surface area contributed by atoms with Gasteiger partial charge in [-0.05, 0) is 12.5 Å². The molecule has 4 N–H and O–H groups in total. The van der Waals surface area contributed by atoms with Crippen LogP contribution in [0.1, 0.15) is 28.5 Å². The summed E-state index contributed by atoms with van der Waals surface area (Å²) in [5.74, 6) is -1.74. The Morgan fingerprint density at radius 2 is 2.00 bits per heavy atom. The van der Waals surface area contributed by atoms with Crippen molar-refractivity contribution >= 4 is 15.9 Å². The number of primary sulfonamides is 1. The first-order chi connectivity index (χ1) is 11.7. The van der Waals surface area contributed by atoms with E-state index in [1.807, 2.05) is 0 Å². The first-order valence-corrected chi connectivity index (χ1v) is 8.95. The Kier molecular flexibility index (Phi) is 5.83. The Labute approximate surface area is 144 Å². The maximum Gasteiger partial charge on any atom is 0.271 e. The van der Waals surface area contributed by atoms with E-state index in [1.54, 1.807) is 30.3 Å². The van der Waals surface area contributed by atoms with Gasteiger partial charge in [0.2, 0.25) is 10.0 Å². The highest BCUT2D eigenvalue weighted by Gasteiger charge is 2.27. The van der Waals surface area contributed by atoms with Crippen LogP contribution in [0.3, 0.4) is 0 Å². The minimum absolute atomic E-state index is 0.0718. The summed E-state index contributed by atoms with van der Waals surface area (Å²) in [6, 6.07) is 8.60. The molecule has 0 saturated carbocycles. The number of hydrogen-bond donors (Lipinski definition) is 3. The molecule has 1 aromatic heterocycles. The lowest BCUT2D eigenvalue weighted by Gasteiger charge is -2.14. The molecule has 1 aromatic carbocycles. The maximum absolute atomic E-state index is 14.3. The molecule has 0 radical (unpaired) electrons. The fraction of sp³-hybridized carbons (Fsp3) is 0.250. The third-order valence-corrected chi connectivity index (χ3v) is 4.37. The second-order valence-corrected chi connectivity index (χ2v) is 7.03. The van der Waals surface area contributed by atoms with Gasteiger partial charge in [-0.15, -0.1) is 0 Å². The summed E-state index contributed by atoms with van der Waals surface area (Å²) in [7, 11) is -4.42. The Morgan fingerprint density at radius 3 is 2.56 bits per heavy atom. The van der Waals surface area contributed by atoms with Gasteiger partial charge in [0.1, 0.15) is 16.4 Å². The molecule has 0 spiro atoms. The number of halogens is 1. The minimum Gasteiger partial charge on any atom is -0.392 e. The van der Waals surface area contributed by atoms with Crippen molar-refractivity contribution in [1.29, 1.82) is 0 Å². The standard InChI is InChI=1S/C16H18FN3O4S/c1-10(21)8-20-16(22)14-15(25(18,23)24)12(13(17)9-19-14)7-11-5-3-2-4-6-11/h2-6,9-10,21H,7-8H2,1H3,(H,20,22)(H2,18,23,24)/t10-/m0/s1. The van der Waals surface area contributed by atoms with Crippen molar-refractivity contribution in [3.63, 3.8) is 0 Å². The van der Waals surface area contributed by atoms with Crippen LogP contribution >= 0.6 is 0 Å². The average Bonchev–Trinajstić information content (AvgIpc) is 2.54. The molecule has 0 aliphatic carbocycles. The van der Waals surface area contributed by atoms with E-state index in [0.29, 0.717) is 5.56 Å². The highest BCUT2D eigenvalue weighted by Crippen LogP contribution is 2.24. The van der Waals surface area contributed by atoms with Gasteiger partial charge in [0, 0.05) is 18.5 Å². The number of aliphatic hydroxyl groups excluding tert-OH is 1. The number of sulfonamides is 1. The summed E-state index contributed by atoms with van der Waals surface area (Å²) < 4.78 is 38.3. The number of nitrogens with two attached hydrogens (primary N) is 1. The van der Waals surface area contributed by atoms with Gasteiger partial charge < -0.3 is 10.4 Å². The van der Waals surface area contributed by atoms with Gasteiger partial charge in [-0.2, -0.15) is 0 Å². The van der Waals surface area contributed by atoms with Crippen molar-refractivity contribution < 1.29 is 22.7 Å². The van der Waals surface area contributed by atoms with E-state index in [2.05, 4.69) is 10.3 Å². The Hall–Kier alpha value is -2.36. The summed E-state index contributed by atoms with van der Waals surface area (Å²) in [4.78, 5) is 15.1. The van der Waals surface area contributed by atoms with Gasteiger partial charge in [0.25, 0.3) is 5.91 Å². The molecular weight excluding hydrogens is 349 g/mol. The lowest BCUT2D eigenvalue weighted by atomic mass is 10.0. The van der Waals surface area contributed by atoms with Gasteiger partial charge in [-0.1, -0.05) is 30.3 Å². The number of aromatic nitrogens is 1. The molecule has 0 saturated heterocycles. The number of nitrogens with zero attached hydrogens (tertiary/aromatic N) is 1. The van der Waals surface area contributed by atoms with Gasteiger partial charge in [-0.3, -0.25) is 4.79 Å². The zero-order chi connectivity index (χ0) is 18.6. The molecule has 0 bridgehead atoms. The van der Waals surface area contributed by atoms with E-state index in [4.69, 9.17) is 5.14 Å². The van der Waals surface area contributed by atoms with Gasteiger partial charge in [0.15, 0.2) is 0 Å². The van der Waals surface area contributed by atoms with Crippen LogP contribution in [0.2, 0.25) is 0 Å². The maximum atomic E-state index is 14.3. The van der Waals surface area contributed by atoms with Gasteiger partial charge in [-0.25, -0.2) is 22.9 Å². The number of amides is 1. The van der Waals surface area contributed by atoms with Crippen LogP contribution in [-0.4, -0.2) is 37.1 Å². The van der Waals surface area contributed by atoms with Crippen molar-refractivity contribution in [2.45, 2.75) is 24.3 Å². The van der Waals surface area contributed by atoms with Crippen LogP contribution in [0.4, 0.5) is 4.39 Å². The van der Waals surface area contributed by atoms with Crippen molar-refractivity contribution in [3.8, 4) is 0 Å². The topological polar surface area (TPSA) is 122 Å². The number of pyridine rings is 1. The van der Waals surface area contributed by atoms with E-state index in [-0.39, 0.29) is 18.5 Å². The smallest absolute Gasteiger partial charge is 0.271 e. The average molecular weight is 367 g/mol. The molecule has 2 rings (SSSR count). The molecule has 25 heavy (non-hydrogen) atoms. The monoisotopic (exact) mass is 367 g/mol. The summed E-state index contributed by atoms with van der Waals surface area (Å²) in [5, 5.41) is 16.8. The molecule has 1 atom stereocenters. The molecule has 9 heteroatoms. The highest BCUT2D eigenvalue weighted by molar-refractivity contribution is 7.89. The van der Waals surface area contributed by atoms with Crippen molar-refractivity contribution in [3.05, 3.63) is 59.2 Å². The zero-order valence-corrected chi connectivity index (χ0v) is 14.3. The molecule has 0 aliphatic heterocycles. The Morgan fingerprint density at radius 1 is 1.36 bits per heavy atom. The molecule has 2 aromatic rings. The quantitative estimate of drug-likeness (QED) is 0.689.